The van der Waals surface area contributed by atoms with Crippen molar-refractivity contribution in [3.05, 3.63) is 35.9 Å². The third kappa shape index (κ3) is 3.64. The Morgan fingerprint density at radius 1 is 1.21 bits per heavy atom. The normalized spacial score (nSPS) is 10.1. The van der Waals surface area contributed by atoms with E-state index < -0.39 is 0 Å². The molecule has 0 heterocycles. The fourth-order valence-electron chi connectivity index (χ4n) is 0.970. The molecule has 0 spiro atoms. The molecule has 1 nitrogen and oxygen atoms in total. The predicted molar refractivity (Wildman–Crippen MR) is 61.1 cm³/mol. The van der Waals surface area contributed by atoms with Crippen LogP contribution in [0.25, 0.3) is 0 Å². The first-order chi connectivity index (χ1) is 6.70. The summed E-state index contributed by atoms with van der Waals surface area (Å²) in [5.74, 6) is 6.30. The van der Waals surface area contributed by atoms with E-state index in [2.05, 4.69) is 37.6 Å². The van der Waals surface area contributed by atoms with Crippen LogP contribution in [0.1, 0.15) is 19.4 Å². The second-order valence-corrected chi connectivity index (χ2v) is 3.68. The second kappa shape index (κ2) is 5.47. The molecule has 0 aliphatic carbocycles. The summed E-state index contributed by atoms with van der Waals surface area (Å²) in [4.78, 5) is 2.22. The van der Waals surface area contributed by atoms with Gasteiger partial charge in [-0.15, -0.1) is 0 Å². The molecule has 0 amide bonds. The van der Waals surface area contributed by atoms with Crippen LogP contribution in [0.15, 0.2) is 30.3 Å². The minimum atomic E-state index is 0.556. The zero-order valence-electron chi connectivity index (χ0n) is 9.12. The molecule has 0 radical (unpaired) electrons. The maximum absolute atomic E-state index is 3.16. The molecule has 0 saturated heterocycles. The SMILES string of the molecule is CC(C)N(C)CC#Cc1ccccc1. The van der Waals surface area contributed by atoms with E-state index in [1.165, 1.54) is 0 Å². The molecule has 1 aromatic carbocycles. The average molecular weight is 187 g/mol. The highest BCUT2D eigenvalue weighted by atomic mass is 15.1. The standard InChI is InChI=1S/C13H17N/c1-12(2)14(3)11-7-10-13-8-5-4-6-9-13/h4-6,8-9,12H,11H2,1-3H3. The van der Waals surface area contributed by atoms with Crippen LogP contribution in [0, 0.1) is 11.8 Å². The molecule has 74 valence electrons. The Morgan fingerprint density at radius 3 is 2.43 bits per heavy atom. The highest BCUT2D eigenvalue weighted by Gasteiger charge is 1.98. The van der Waals surface area contributed by atoms with Gasteiger partial charge in [0.2, 0.25) is 0 Å². The molecule has 0 atom stereocenters. The Morgan fingerprint density at radius 2 is 1.86 bits per heavy atom. The third-order valence-electron chi connectivity index (χ3n) is 2.22. The maximum Gasteiger partial charge on any atom is 0.0605 e. The summed E-state index contributed by atoms with van der Waals surface area (Å²) >= 11 is 0. The first-order valence-corrected chi connectivity index (χ1v) is 4.94. The zero-order chi connectivity index (χ0) is 10.4. The summed E-state index contributed by atoms with van der Waals surface area (Å²) < 4.78 is 0. The molecule has 0 saturated carbocycles. The van der Waals surface area contributed by atoms with Crippen molar-refractivity contribution < 1.29 is 0 Å². The van der Waals surface area contributed by atoms with Gasteiger partial charge in [0.1, 0.15) is 0 Å². The van der Waals surface area contributed by atoms with E-state index in [1.54, 1.807) is 0 Å². The van der Waals surface area contributed by atoms with Crippen molar-refractivity contribution in [2.24, 2.45) is 0 Å². The van der Waals surface area contributed by atoms with Crippen molar-refractivity contribution in [1.82, 2.24) is 4.90 Å². The van der Waals surface area contributed by atoms with Gasteiger partial charge < -0.3 is 0 Å². The molecule has 1 heteroatoms. The fourth-order valence-corrected chi connectivity index (χ4v) is 0.970. The summed E-state index contributed by atoms with van der Waals surface area (Å²) in [5.41, 5.74) is 1.09. The minimum absolute atomic E-state index is 0.556. The lowest BCUT2D eigenvalue weighted by atomic mass is 10.2. The van der Waals surface area contributed by atoms with Gasteiger partial charge in [-0.3, -0.25) is 4.90 Å². The van der Waals surface area contributed by atoms with Crippen LogP contribution in [0.5, 0.6) is 0 Å². The van der Waals surface area contributed by atoms with E-state index >= 15 is 0 Å². The first kappa shape index (κ1) is 10.8. The van der Waals surface area contributed by atoms with Gasteiger partial charge in [-0.25, -0.2) is 0 Å². The van der Waals surface area contributed by atoms with Gasteiger partial charge in [-0.05, 0) is 33.0 Å². The van der Waals surface area contributed by atoms with Gasteiger partial charge in [0.15, 0.2) is 0 Å². The molecule has 1 rings (SSSR count). The van der Waals surface area contributed by atoms with Crippen LogP contribution >= 0.6 is 0 Å². The number of hydrogen-bond acceptors (Lipinski definition) is 1. The second-order valence-electron chi connectivity index (χ2n) is 3.68. The lowest BCUT2D eigenvalue weighted by Gasteiger charge is -2.17. The van der Waals surface area contributed by atoms with Crippen molar-refractivity contribution in [2.45, 2.75) is 19.9 Å². The molecule has 0 N–H and O–H groups in total. The van der Waals surface area contributed by atoms with Crippen LogP contribution in [-0.4, -0.2) is 24.5 Å². The smallest absolute Gasteiger partial charge is 0.0605 e. The van der Waals surface area contributed by atoms with E-state index in [-0.39, 0.29) is 0 Å². The molecule has 0 aliphatic rings. The van der Waals surface area contributed by atoms with Crippen molar-refractivity contribution >= 4 is 0 Å². The summed E-state index contributed by atoms with van der Waals surface area (Å²) in [5, 5.41) is 0. The predicted octanol–water partition coefficient (Wildman–Crippen LogP) is 2.38. The summed E-state index contributed by atoms with van der Waals surface area (Å²) in [6.07, 6.45) is 0. The summed E-state index contributed by atoms with van der Waals surface area (Å²) in [6, 6.07) is 10.6. The molecule has 0 aliphatic heterocycles. The van der Waals surface area contributed by atoms with Gasteiger partial charge >= 0.3 is 0 Å². The highest BCUT2D eigenvalue weighted by Crippen LogP contribution is 1.95. The van der Waals surface area contributed by atoms with Crippen molar-refractivity contribution in [2.75, 3.05) is 13.6 Å². The molecular formula is C13H17N. The van der Waals surface area contributed by atoms with Crippen LogP contribution in [0.3, 0.4) is 0 Å². The molecule has 14 heavy (non-hydrogen) atoms. The highest BCUT2D eigenvalue weighted by molar-refractivity contribution is 5.33. The van der Waals surface area contributed by atoms with Crippen LogP contribution in [0.2, 0.25) is 0 Å². The molecule has 0 bridgehead atoms. The first-order valence-electron chi connectivity index (χ1n) is 4.94. The Kier molecular flexibility index (Phi) is 4.22. The average Bonchev–Trinajstić information content (AvgIpc) is 2.19. The summed E-state index contributed by atoms with van der Waals surface area (Å²) in [6.45, 7) is 5.17. The Balaban J connectivity index is 2.49. The minimum Gasteiger partial charge on any atom is -0.293 e. The zero-order valence-corrected chi connectivity index (χ0v) is 9.12. The molecule has 0 aromatic heterocycles. The molecule has 0 unspecified atom stereocenters. The van der Waals surface area contributed by atoms with E-state index in [1.807, 2.05) is 30.3 Å². The van der Waals surface area contributed by atoms with Crippen molar-refractivity contribution in [3.63, 3.8) is 0 Å². The fraction of sp³-hybridized carbons (Fsp3) is 0.385. The number of hydrogen-bond donors (Lipinski definition) is 0. The largest absolute Gasteiger partial charge is 0.293 e. The summed E-state index contributed by atoms with van der Waals surface area (Å²) in [7, 11) is 2.09. The van der Waals surface area contributed by atoms with E-state index in [4.69, 9.17) is 0 Å². The van der Waals surface area contributed by atoms with E-state index in [9.17, 15) is 0 Å². The Bertz CT molecular complexity index is 316. The van der Waals surface area contributed by atoms with E-state index in [0.29, 0.717) is 6.04 Å². The number of benzene rings is 1. The van der Waals surface area contributed by atoms with Crippen LogP contribution in [-0.2, 0) is 0 Å². The lowest BCUT2D eigenvalue weighted by molar-refractivity contribution is 0.308. The van der Waals surface area contributed by atoms with Gasteiger partial charge in [-0.2, -0.15) is 0 Å². The molecular weight excluding hydrogens is 170 g/mol. The van der Waals surface area contributed by atoms with Crippen molar-refractivity contribution in [3.8, 4) is 11.8 Å². The van der Waals surface area contributed by atoms with Gasteiger partial charge in [0, 0.05) is 11.6 Å². The third-order valence-corrected chi connectivity index (χ3v) is 2.22. The Hall–Kier alpha value is -1.26. The topological polar surface area (TPSA) is 3.24 Å². The quantitative estimate of drug-likeness (QED) is 0.642. The van der Waals surface area contributed by atoms with Gasteiger partial charge in [0.25, 0.3) is 0 Å². The van der Waals surface area contributed by atoms with Crippen LogP contribution in [0.4, 0.5) is 0 Å². The van der Waals surface area contributed by atoms with E-state index in [0.717, 1.165) is 12.1 Å². The van der Waals surface area contributed by atoms with Gasteiger partial charge in [0.05, 0.1) is 6.54 Å². The molecule has 1 aromatic rings. The maximum atomic E-state index is 3.16. The Labute approximate surface area is 86.7 Å². The number of nitrogens with zero attached hydrogens (tertiary/aromatic N) is 1. The number of rotatable bonds is 2. The lowest BCUT2D eigenvalue weighted by Crippen LogP contribution is -2.26. The van der Waals surface area contributed by atoms with Crippen LogP contribution < -0.4 is 0 Å². The molecule has 0 fully saturated rings. The van der Waals surface area contributed by atoms with Gasteiger partial charge in [-0.1, -0.05) is 30.0 Å². The van der Waals surface area contributed by atoms with Crippen molar-refractivity contribution in [1.29, 1.82) is 0 Å². The monoisotopic (exact) mass is 187 g/mol.